The molecule has 1 aromatic rings. The first-order valence-corrected chi connectivity index (χ1v) is 6.05. The van der Waals surface area contributed by atoms with E-state index in [1.54, 1.807) is 13.2 Å². The van der Waals surface area contributed by atoms with Crippen LogP contribution in [0.3, 0.4) is 0 Å². The normalized spacial score (nSPS) is 10.3. The number of methoxy groups -OCH3 is 1. The fraction of sp³-hybridized carbons (Fsp3) is 0.455. The Labute approximate surface area is 109 Å². The Bertz CT molecular complexity index is 385. The van der Waals surface area contributed by atoms with E-state index in [0.29, 0.717) is 13.2 Å². The standard InChI is InChI=1S/C11H16BrN3O2/c1-8-9(3-4-10(12)14-8)15-11(16)7-13-5-6-17-2/h3-4,13H,5-7H2,1-2H3,(H,15,16). The highest BCUT2D eigenvalue weighted by atomic mass is 79.9. The van der Waals surface area contributed by atoms with Gasteiger partial charge in [0.1, 0.15) is 4.60 Å². The van der Waals surface area contributed by atoms with Crippen molar-refractivity contribution < 1.29 is 9.53 Å². The van der Waals surface area contributed by atoms with Crippen molar-refractivity contribution in [1.29, 1.82) is 0 Å². The number of hydrogen-bond donors (Lipinski definition) is 2. The van der Waals surface area contributed by atoms with Crippen molar-refractivity contribution in [1.82, 2.24) is 10.3 Å². The Hall–Kier alpha value is -0.980. The van der Waals surface area contributed by atoms with Crippen LogP contribution in [-0.2, 0) is 9.53 Å². The van der Waals surface area contributed by atoms with E-state index < -0.39 is 0 Å². The zero-order valence-corrected chi connectivity index (χ0v) is 11.5. The smallest absolute Gasteiger partial charge is 0.238 e. The van der Waals surface area contributed by atoms with Gasteiger partial charge in [0, 0.05) is 13.7 Å². The maximum atomic E-state index is 11.6. The van der Waals surface area contributed by atoms with Gasteiger partial charge in [0.2, 0.25) is 5.91 Å². The molecule has 94 valence electrons. The molecular formula is C11H16BrN3O2. The molecule has 0 bridgehead atoms. The van der Waals surface area contributed by atoms with Crippen LogP contribution in [-0.4, -0.2) is 37.7 Å². The molecule has 1 aromatic heterocycles. The molecule has 0 aliphatic carbocycles. The summed E-state index contributed by atoms with van der Waals surface area (Å²) < 4.78 is 5.62. The monoisotopic (exact) mass is 301 g/mol. The molecule has 0 atom stereocenters. The molecule has 1 rings (SSSR count). The van der Waals surface area contributed by atoms with E-state index in [0.717, 1.165) is 16.0 Å². The van der Waals surface area contributed by atoms with Crippen LogP contribution in [0.2, 0.25) is 0 Å². The third-order valence-corrected chi connectivity index (χ3v) is 2.54. The van der Waals surface area contributed by atoms with Gasteiger partial charge in [-0.15, -0.1) is 0 Å². The summed E-state index contributed by atoms with van der Waals surface area (Å²) in [5.41, 5.74) is 1.51. The maximum absolute atomic E-state index is 11.6. The molecule has 1 heterocycles. The van der Waals surface area contributed by atoms with Gasteiger partial charge in [0.25, 0.3) is 0 Å². The van der Waals surface area contributed by atoms with Gasteiger partial charge in [-0.25, -0.2) is 4.98 Å². The summed E-state index contributed by atoms with van der Waals surface area (Å²) in [5.74, 6) is -0.0895. The summed E-state index contributed by atoms with van der Waals surface area (Å²) in [4.78, 5) is 15.8. The SMILES string of the molecule is COCCNCC(=O)Nc1ccc(Br)nc1C. The number of amides is 1. The summed E-state index contributed by atoms with van der Waals surface area (Å²) in [6.07, 6.45) is 0. The Morgan fingerprint density at radius 2 is 2.29 bits per heavy atom. The molecule has 0 aliphatic heterocycles. The number of hydrogen-bond acceptors (Lipinski definition) is 4. The molecule has 2 N–H and O–H groups in total. The summed E-state index contributed by atoms with van der Waals surface area (Å²) in [5, 5.41) is 5.76. The van der Waals surface area contributed by atoms with Crippen LogP contribution in [0, 0.1) is 6.92 Å². The first kappa shape index (κ1) is 14.1. The number of carbonyl (C=O) groups is 1. The number of pyridine rings is 1. The van der Waals surface area contributed by atoms with Crippen molar-refractivity contribution in [3.8, 4) is 0 Å². The minimum Gasteiger partial charge on any atom is -0.383 e. The first-order valence-electron chi connectivity index (χ1n) is 5.26. The van der Waals surface area contributed by atoms with Gasteiger partial charge in [-0.2, -0.15) is 0 Å². The predicted molar refractivity (Wildman–Crippen MR) is 70.0 cm³/mol. The largest absolute Gasteiger partial charge is 0.383 e. The van der Waals surface area contributed by atoms with Crippen LogP contribution in [0.25, 0.3) is 0 Å². The average molecular weight is 302 g/mol. The highest BCUT2D eigenvalue weighted by molar-refractivity contribution is 9.10. The van der Waals surface area contributed by atoms with Crippen molar-refractivity contribution >= 4 is 27.5 Å². The highest BCUT2D eigenvalue weighted by Crippen LogP contribution is 2.15. The van der Waals surface area contributed by atoms with E-state index in [1.165, 1.54) is 0 Å². The topological polar surface area (TPSA) is 63.2 Å². The van der Waals surface area contributed by atoms with E-state index in [9.17, 15) is 4.79 Å². The highest BCUT2D eigenvalue weighted by Gasteiger charge is 2.05. The number of anilines is 1. The number of rotatable bonds is 6. The third kappa shape index (κ3) is 5.25. The number of aromatic nitrogens is 1. The van der Waals surface area contributed by atoms with Gasteiger partial charge in [-0.3, -0.25) is 4.79 Å². The molecule has 5 nitrogen and oxygen atoms in total. The minimum absolute atomic E-state index is 0.0895. The van der Waals surface area contributed by atoms with Gasteiger partial charge >= 0.3 is 0 Å². The fourth-order valence-electron chi connectivity index (χ4n) is 1.23. The maximum Gasteiger partial charge on any atom is 0.238 e. The second-order valence-electron chi connectivity index (χ2n) is 3.48. The number of carbonyl (C=O) groups excluding carboxylic acids is 1. The molecule has 1 amide bonds. The van der Waals surface area contributed by atoms with Crippen LogP contribution in [0.4, 0.5) is 5.69 Å². The Morgan fingerprint density at radius 3 is 2.94 bits per heavy atom. The van der Waals surface area contributed by atoms with Crippen LogP contribution in [0.15, 0.2) is 16.7 Å². The summed E-state index contributed by atoms with van der Waals surface area (Å²) in [6.45, 7) is 3.35. The number of nitrogens with one attached hydrogen (secondary N) is 2. The van der Waals surface area contributed by atoms with E-state index in [1.807, 2.05) is 13.0 Å². The zero-order valence-electron chi connectivity index (χ0n) is 9.92. The van der Waals surface area contributed by atoms with Gasteiger partial charge in [-0.05, 0) is 35.0 Å². The molecule has 0 saturated heterocycles. The van der Waals surface area contributed by atoms with Gasteiger partial charge < -0.3 is 15.4 Å². The van der Waals surface area contributed by atoms with Crippen LogP contribution in [0.5, 0.6) is 0 Å². The summed E-state index contributed by atoms with van der Waals surface area (Å²) >= 11 is 3.27. The Kier molecular flexibility index (Phi) is 6.10. The molecule has 0 aromatic carbocycles. The van der Waals surface area contributed by atoms with Gasteiger partial charge in [-0.1, -0.05) is 0 Å². The summed E-state index contributed by atoms with van der Waals surface area (Å²) in [6, 6.07) is 3.61. The number of nitrogens with zero attached hydrogens (tertiary/aromatic N) is 1. The molecule has 0 saturated carbocycles. The van der Waals surface area contributed by atoms with E-state index in [2.05, 4.69) is 31.5 Å². The number of ether oxygens (including phenoxy) is 1. The van der Waals surface area contributed by atoms with E-state index >= 15 is 0 Å². The van der Waals surface area contributed by atoms with Crippen molar-refractivity contribution in [3.63, 3.8) is 0 Å². The lowest BCUT2D eigenvalue weighted by Gasteiger charge is -2.08. The lowest BCUT2D eigenvalue weighted by Crippen LogP contribution is -2.30. The van der Waals surface area contributed by atoms with Crippen LogP contribution >= 0.6 is 15.9 Å². The minimum atomic E-state index is -0.0895. The Morgan fingerprint density at radius 1 is 1.53 bits per heavy atom. The lowest BCUT2D eigenvalue weighted by molar-refractivity contribution is -0.115. The second-order valence-corrected chi connectivity index (χ2v) is 4.30. The van der Waals surface area contributed by atoms with Gasteiger partial charge in [0.15, 0.2) is 0 Å². The molecule has 17 heavy (non-hydrogen) atoms. The number of aryl methyl sites for hydroxylation is 1. The second kappa shape index (κ2) is 7.37. The average Bonchev–Trinajstić information content (AvgIpc) is 2.28. The lowest BCUT2D eigenvalue weighted by atomic mass is 10.3. The van der Waals surface area contributed by atoms with E-state index in [4.69, 9.17) is 4.74 Å². The van der Waals surface area contributed by atoms with Crippen LogP contribution < -0.4 is 10.6 Å². The van der Waals surface area contributed by atoms with Crippen molar-refractivity contribution in [3.05, 3.63) is 22.4 Å². The first-order chi connectivity index (χ1) is 8.13. The molecule has 0 fully saturated rings. The molecule has 0 spiro atoms. The Balaban J connectivity index is 2.40. The molecular weight excluding hydrogens is 286 g/mol. The number of halogens is 1. The molecule has 0 radical (unpaired) electrons. The fourth-order valence-corrected chi connectivity index (χ4v) is 1.63. The predicted octanol–water partition coefficient (Wildman–Crippen LogP) is 1.33. The summed E-state index contributed by atoms with van der Waals surface area (Å²) in [7, 11) is 1.62. The van der Waals surface area contributed by atoms with E-state index in [-0.39, 0.29) is 12.5 Å². The molecule has 0 aliphatic rings. The molecule has 0 unspecified atom stereocenters. The third-order valence-electron chi connectivity index (χ3n) is 2.09. The van der Waals surface area contributed by atoms with Crippen LogP contribution in [0.1, 0.15) is 5.69 Å². The van der Waals surface area contributed by atoms with Crippen molar-refractivity contribution in [2.75, 3.05) is 32.1 Å². The van der Waals surface area contributed by atoms with Crippen molar-refractivity contribution in [2.24, 2.45) is 0 Å². The van der Waals surface area contributed by atoms with Gasteiger partial charge in [0.05, 0.1) is 24.5 Å². The molecule has 6 heteroatoms. The zero-order chi connectivity index (χ0) is 12.7. The van der Waals surface area contributed by atoms with Crippen molar-refractivity contribution in [2.45, 2.75) is 6.92 Å². The quantitative estimate of drug-likeness (QED) is 0.615.